The van der Waals surface area contributed by atoms with Crippen molar-refractivity contribution in [1.82, 2.24) is 9.80 Å². The fourth-order valence-corrected chi connectivity index (χ4v) is 4.00. The van der Waals surface area contributed by atoms with Crippen molar-refractivity contribution in [1.29, 1.82) is 0 Å². The molecule has 4 nitrogen and oxygen atoms in total. The Morgan fingerprint density at radius 1 is 1.11 bits per heavy atom. The highest BCUT2D eigenvalue weighted by molar-refractivity contribution is 5.82. The van der Waals surface area contributed by atoms with Crippen molar-refractivity contribution in [2.75, 3.05) is 13.6 Å². The summed E-state index contributed by atoms with van der Waals surface area (Å²) < 4.78 is 0. The number of likely N-dealkylation sites (tertiary alicyclic amines) is 1. The molecule has 1 saturated heterocycles. The van der Waals surface area contributed by atoms with Gasteiger partial charge in [0, 0.05) is 32.2 Å². The number of piperidine rings is 1. The molecular formula is C23H31N3O. The maximum Gasteiger partial charge on any atom is 0.239 e. The Labute approximate surface area is 163 Å². The summed E-state index contributed by atoms with van der Waals surface area (Å²) in [4.78, 5) is 17.2. The van der Waals surface area contributed by atoms with Gasteiger partial charge >= 0.3 is 0 Å². The Morgan fingerprint density at radius 3 is 2.30 bits per heavy atom. The molecule has 0 spiro atoms. The molecule has 3 atom stereocenters. The van der Waals surface area contributed by atoms with Gasteiger partial charge in [0.15, 0.2) is 0 Å². The minimum Gasteiger partial charge on any atom is -0.341 e. The first kappa shape index (κ1) is 19.6. The molecule has 2 unspecified atom stereocenters. The van der Waals surface area contributed by atoms with Crippen LogP contribution in [0.5, 0.6) is 0 Å². The zero-order valence-electron chi connectivity index (χ0n) is 16.4. The zero-order chi connectivity index (χ0) is 19.2. The molecule has 1 aliphatic rings. The summed E-state index contributed by atoms with van der Waals surface area (Å²) >= 11 is 0. The van der Waals surface area contributed by atoms with Crippen molar-refractivity contribution < 1.29 is 4.79 Å². The van der Waals surface area contributed by atoms with Gasteiger partial charge in [0.1, 0.15) is 0 Å². The van der Waals surface area contributed by atoms with Crippen LogP contribution in [0.15, 0.2) is 60.7 Å². The Balaban J connectivity index is 1.53. The van der Waals surface area contributed by atoms with Gasteiger partial charge in [0.2, 0.25) is 5.91 Å². The van der Waals surface area contributed by atoms with E-state index in [-0.39, 0.29) is 11.9 Å². The van der Waals surface area contributed by atoms with E-state index in [1.54, 1.807) is 0 Å². The van der Waals surface area contributed by atoms with E-state index in [2.05, 4.69) is 42.2 Å². The third kappa shape index (κ3) is 5.18. The van der Waals surface area contributed by atoms with Gasteiger partial charge in [-0.05, 0) is 37.3 Å². The van der Waals surface area contributed by atoms with E-state index in [1.807, 2.05) is 42.3 Å². The number of rotatable bonds is 6. The largest absolute Gasteiger partial charge is 0.341 e. The first-order valence-electron chi connectivity index (χ1n) is 9.88. The first-order valence-corrected chi connectivity index (χ1v) is 9.88. The zero-order valence-corrected chi connectivity index (χ0v) is 16.4. The number of hydrogen-bond acceptors (Lipinski definition) is 3. The van der Waals surface area contributed by atoms with Crippen LogP contribution in [0, 0.1) is 0 Å². The Morgan fingerprint density at radius 2 is 1.70 bits per heavy atom. The van der Waals surface area contributed by atoms with Crippen molar-refractivity contribution in [3.8, 4) is 0 Å². The standard InChI is InChI=1S/C23H31N3O/c1-18-15-21(13-14-26(18)17-20-11-7-4-8-12-20)25(2)23(27)22(24)16-19-9-5-3-6-10-19/h3-12,18,21-22H,13-17,24H2,1-2H3/t18?,21?,22-/m0/s1. The highest BCUT2D eigenvalue weighted by atomic mass is 16.2. The molecule has 4 heteroatoms. The van der Waals surface area contributed by atoms with E-state index in [0.717, 1.165) is 31.5 Å². The number of carbonyl (C=O) groups excluding carboxylic acids is 1. The average molecular weight is 366 g/mol. The van der Waals surface area contributed by atoms with Crippen LogP contribution in [0.2, 0.25) is 0 Å². The molecule has 1 heterocycles. The van der Waals surface area contributed by atoms with Gasteiger partial charge in [0.05, 0.1) is 6.04 Å². The summed E-state index contributed by atoms with van der Waals surface area (Å²) in [5.41, 5.74) is 8.67. The van der Waals surface area contributed by atoms with Gasteiger partial charge in [-0.1, -0.05) is 60.7 Å². The highest BCUT2D eigenvalue weighted by Crippen LogP contribution is 2.23. The van der Waals surface area contributed by atoms with Crippen LogP contribution >= 0.6 is 0 Å². The minimum absolute atomic E-state index is 0.0487. The molecule has 3 rings (SSSR count). The van der Waals surface area contributed by atoms with Crippen LogP contribution in [-0.4, -0.2) is 47.4 Å². The van der Waals surface area contributed by atoms with Crippen molar-refractivity contribution in [3.05, 3.63) is 71.8 Å². The molecule has 0 aliphatic carbocycles. The number of likely N-dealkylation sites (N-methyl/N-ethyl adjacent to an activating group) is 1. The van der Waals surface area contributed by atoms with E-state index in [1.165, 1.54) is 5.56 Å². The molecule has 2 aromatic carbocycles. The number of nitrogens with two attached hydrogens (primary N) is 1. The fourth-order valence-electron chi connectivity index (χ4n) is 4.00. The summed E-state index contributed by atoms with van der Waals surface area (Å²) in [6.07, 6.45) is 2.58. The quantitative estimate of drug-likeness (QED) is 0.856. The van der Waals surface area contributed by atoms with Crippen molar-refractivity contribution in [2.45, 2.75) is 50.9 Å². The number of amides is 1. The second-order valence-corrected chi connectivity index (χ2v) is 7.73. The number of carbonyl (C=O) groups is 1. The third-order valence-corrected chi connectivity index (χ3v) is 5.73. The SMILES string of the molecule is CC1CC(N(C)C(=O)[C@@H](N)Cc2ccccc2)CCN1Cc1ccccc1. The molecule has 0 bridgehead atoms. The third-order valence-electron chi connectivity index (χ3n) is 5.73. The summed E-state index contributed by atoms with van der Waals surface area (Å²) in [5, 5.41) is 0. The lowest BCUT2D eigenvalue weighted by molar-refractivity contribution is -0.134. The van der Waals surface area contributed by atoms with Crippen LogP contribution in [0.4, 0.5) is 0 Å². The Bertz CT molecular complexity index is 719. The van der Waals surface area contributed by atoms with E-state index < -0.39 is 6.04 Å². The van der Waals surface area contributed by atoms with Gasteiger partial charge in [-0.3, -0.25) is 9.69 Å². The summed E-state index contributed by atoms with van der Waals surface area (Å²) in [6, 6.07) is 20.8. The first-order chi connectivity index (χ1) is 13.0. The smallest absolute Gasteiger partial charge is 0.239 e. The fraction of sp³-hybridized carbons (Fsp3) is 0.435. The molecule has 1 aliphatic heterocycles. The molecule has 1 amide bonds. The predicted octanol–water partition coefficient (Wildman–Crippen LogP) is 3.07. The number of nitrogens with zero attached hydrogens (tertiary/aromatic N) is 2. The molecule has 1 fully saturated rings. The second-order valence-electron chi connectivity index (χ2n) is 7.73. The predicted molar refractivity (Wildman–Crippen MR) is 110 cm³/mol. The Kier molecular flexibility index (Phi) is 6.64. The van der Waals surface area contributed by atoms with E-state index >= 15 is 0 Å². The van der Waals surface area contributed by atoms with Crippen LogP contribution in [-0.2, 0) is 17.8 Å². The topological polar surface area (TPSA) is 49.6 Å². The summed E-state index contributed by atoms with van der Waals surface area (Å²) in [6.45, 7) is 4.24. The maximum absolute atomic E-state index is 12.8. The lowest BCUT2D eigenvalue weighted by Crippen LogP contribution is -2.53. The van der Waals surface area contributed by atoms with Gasteiger partial charge in [-0.15, -0.1) is 0 Å². The molecule has 27 heavy (non-hydrogen) atoms. The highest BCUT2D eigenvalue weighted by Gasteiger charge is 2.31. The van der Waals surface area contributed by atoms with Gasteiger partial charge < -0.3 is 10.6 Å². The molecule has 0 radical (unpaired) electrons. The normalized spacial score (nSPS) is 21.6. The van der Waals surface area contributed by atoms with Gasteiger partial charge in [-0.2, -0.15) is 0 Å². The van der Waals surface area contributed by atoms with Crippen LogP contribution in [0.25, 0.3) is 0 Å². The lowest BCUT2D eigenvalue weighted by atomic mass is 9.95. The van der Waals surface area contributed by atoms with Crippen LogP contribution in [0.3, 0.4) is 0 Å². The van der Waals surface area contributed by atoms with E-state index in [9.17, 15) is 4.79 Å². The molecule has 144 valence electrons. The van der Waals surface area contributed by atoms with E-state index in [0.29, 0.717) is 12.5 Å². The summed E-state index contributed by atoms with van der Waals surface area (Å²) in [5.74, 6) is 0.0487. The monoisotopic (exact) mass is 365 g/mol. The summed E-state index contributed by atoms with van der Waals surface area (Å²) in [7, 11) is 1.91. The van der Waals surface area contributed by atoms with Crippen molar-refractivity contribution in [2.24, 2.45) is 5.73 Å². The molecule has 0 saturated carbocycles. The number of hydrogen-bond donors (Lipinski definition) is 1. The molecule has 0 aromatic heterocycles. The number of benzene rings is 2. The van der Waals surface area contributed by atoms with E-state index in [4.69, 9.17) is 5.73 Å². The van der Waals surface area contributed by atoms with Gasteiger partial charge in [-0.25, -0.2) is 0 Å². The average Bonchev–Trinajstić information content (AvgIpc) is 2.70. The maximum atomic E-state index is 12.8. The van der Waals surface area contributed by atoms with Crippen molar-refractivity contribution >= 4 is 5.91 Å². The Hall–Kier alpha value is -2.17. The minimum atomic E-state index is -0.477. The lowest BCUT2D eigenvalue weighted by Gasteiger charge is -2.41. The second kappa shape index (κ2) is 9.16. The molecule has 2 aromatic rings. The van der Waals surface area contributed by atoms with Crippen LogP contribution < -0.4 is 5.73 Å². The van der Waals surface area contributed by atoms with Gasteiger partial charge in [0.25, 0.3) is 0 Å². The van der Waals surface area contributed by atoms with Crippen LogP contribution in [0.1, 0.15) is 30.9 Å². The van der Waals surface area contributed by atoms with Crippen molar-refractivity contribution in [3.63, 3.8) is 0 Å². The molecular weight excluding hydrogens is 334 g/mol. The molecule has 2 N–H and O–H groups in total.